The van der Waals surface area contributed by atoms with E-state index in [4.69, 9.17) is 14.6 Å². The van der Waals surface area contributed by atoms with Gasteiger partial charge in [-0.2, -0.15) is 0 Å². The summed E-state index contributed by atoms with van der Waals surface area (Å²) in [6.45, 7) is 7.34. The summed E-state index contributed by atoms with van der Waals surface area (Å²) in [4.78, 5) is 23.0. The van der Waals surface area contributed by atoms with Crippen molar-refractivity contribution in [2.75, 3.05) is 7.11 Å². The van der Waals surface area contributed by atoms with Gasteiger partial charge in [-0.05, 0) is 31.7 Å². The summed E-state index contributed by atoms with van der Waals surface area (Å²) >= 11 is 0. The van der Waals surface area contributed by atoms with Crippen LogP contribution in [-0.2, 0) is 22.6 Å². The quantitative estimate of drug-likeness (QED) is 0.606. The molecule has 1 aliphatic heterocycles. The zero-order valence-electron chi connectivity index (χ0n) is 15.2. The number of rotatable bonds is 6. The Kier molecular flexibility index (Phi) is 5.40. The van der Waals surface area contributed by atoms with Crippen LogP contribution in [0.25, 0.3) is 0 Å². The van der Waals surface area contributed by atoms with E-state index in [1.807, 2.05) is 26.8 Å². The van der Waals surface area contributed by atoms with E-state index < -0.39 is 17.9 Å². The number of methoxy groups -OCH3 is 1. The first-order valence-corrected chi connectivity index (χ1v) is 8.18. The summed E-state index contributed by atoms with van der Waals surface area (Å²) in [5.41, 5.74) is 3.03. The molecule has 25 heavy (non-hydrogen) atoms. The Morgan fingerprint density at radius 3 is 2.56 bits per heavy atom. The van der Waals surface area contributed by atoms with Gasteiger partial charge < -0.3 is 19.7 Å². The van der Waals surface area contributed by atoms with Gasteiger partial charge in [-0.25, -0.2) is 4.79 Å². The normalized spacial score (nSPS) is 16.2. The number of hydrogen-bond acceptors (Lipinski definition) is 5. The molecule has 2 N–H and O–H groups in total. The Bertz CT molecular complexity index is 747. The maximum absolute atomic E-state index is 11.9. The van der Waals surface area contributed by atoms with Gasteiger partial charge >= 0.3 is 11.9 Å². The molecular formula is C19H24O6. The van der Waals surface area contributed by atoms with Crippen LogP contribution in [0.5, 0.6) is 11.5 Å². The predicted molar refractivity (Wildman–Crippen MR) is 91.9 cm³/mol. The molecule has 0 amide bonds. The molecule has 136 valence electrons. The number of carboxylic acids is 1. The monoisotopic (exact) mass is 348 g/mol. The van der Waals surface area contributed by atoms with Crippen molar-refractivity contribution in [2.24, 2.45) is 11.8 Å². The van der Waals surface area contributed by atoms with Gasteiger partial charge in [-0.15, -0.1) is 0 Å². The predicted octanol–water partition coefficient (Wildman–Crippen LogP) is 3.23. The van der Waals surface area contributed by atoms with Crippen LogP contribution in [0.1, 0.15) is 47.8 Å². The SMILES string of the molecule is COc1c(C)c2c(c(O)c1C/C=C(\C)[C@H](C)[C@@H](C)C(=O)O)C(=O)OC2. The van der Waals surface area contributed by atoms with E-state index in [0.717, 1.165) is 11.1 Å². The van der Waals surface area contributed by atoms with E-state index in [2.05, 4.69) is 0 Å². The van der Waals surface area contributed by atoms with Crippen molar-refractivity contribution in [3.05, 3.63) is 33.9 Å². The Morgan fingerprint density at radius 2 is 2.00 bits per heavy atom. The molecule has 0 bridgehead atoms. The number of cyclic esters (lactones) is 1. The fraction of sp³-hybridized carbons (Fsp3) is 0.474. The van der Waals surface area contributed by atoms with E-state index in [-0.39, 0.29) is 23.8 Å². The van der Waals surface area contributed by atoms with E-state index >= 15 is 0 Å². The molecule has 0 aromatic heterocycles. The molecule has 6 nitrogen and oxygen atoms in total. The Morgan fingerprint density at radius 1 is 1.36 bits per heavy atom. The first-order chi connectivity index (χ1) is 11.7. The molecule has 0 spiro atoms. The number of aliphatic carboxylic acids is 1. The molecule has 0 fully saturated rings. The van der Waals surface area contributed by atoms with Gasteiger partial charge in [0, 0.05) is 11.1 Å². The third-order valence-electron chi connectivity index (χ3n) is 5.13. The highest BCUT2D eigenvalue weighted by Gasteiger charge is 2.32. The number of carbonyl (C=O) groups is 2. The molecule has 0 unspecified atom stereocenters. The number of carboxylic acid groups (broad SMARTS) is 1. The summed E-state index contributed by atoms with van der Waals surface area (Å²) in [5, 5.41) is 19.7. The molecule has 2 atom stereocenters. The number of hydrogen-bond donors (Lipinski definition) is 2. The summed E-state index contributed by atoms with van der Waals surface area (Å²) in [5.74, 6) is -1.64. The molecule has 0 saturated carbocycles. The number of phenolic OH excluding ortho intramolecular Hbond substituents is 1. The fourth-order valence-electron chi connectivity index (χ4n) is 3.09. The van der Waals surface area contributed by atoms with Crippen LogP contribution in [0, 0.1) is 18.8 Å². The number of esters is 1. The first kappa shape index (κ1) is 18.8. The van der Waals surface area contributed by atoms with Gasteiger partial charge in [0.15, 0.2) is 0 Å². The maximum Gasteiger partial charge on any atom is 0.342 e. The van der Waals surface area contributed by atoms with Gasteiger partial charge in [0.1, 0.15) is 23.7 Å². The van der Waals surface area contributed by atoms with Crippen LogP contribution in [0.4, 0.5) is 0 Å². The third-order valence-corrected chi connectivity index (χ3v) is 5.13. The van der Waals surface area contributed by atoms with E-state index in [9.17, 15) is 14.7 Å². The standard InChI is InChI=1S/C19H24O6/c1-9(10(2)11(3)18(21)22)6-7-13-16(20)15-14(8-25-19(15)23)12(4)17(13)24-5/h6,10-11,20H,7-8H2,1-5H3,(H,21,22)/b9-6+/t10-,11+/m0/s1. The van der Waals surface area contributed by atoms with Crippen molar-refractivity contribution in [1.29, 1.82) is 0 Å². The molecule has 0 aliphatic carbocycles. The molecule has 1 aromatic rings. The molecule has 2 rings (SSSR count). The van der Waals surface area contributed by atoms with Gasteiger partial charge in [0.2, 0.25) is 0 Å². The Balaban J connectivity index is 2.42. The lowest BCUT2D eigenvalue weighted by Crippen LogP contribution is -2.19. The molecule has 1 heterocycles. The maximum atomic E-state index is 11.9. The van der Waals surface area contributed by atoms with Crippen LogP contribution >= 0.6 is 0 Å². The number of aromatic hydroxyl groups is 1. The van der Waals surface area contributed by atoms with E-state index in [1.165, 1.54) is 7.11 Å². The topological polar surface area (TPSA) is 93.1 Å². The molecule has 0 radical (unpaired) electrons. The van der Waals surface area contributed by atoms with E-state index in [1.54, 1.807) is 6.92 Å². The molecular weight excluding hydrogens is 324 g/mol. The van der Waals surface area contributed by atoms with Gasteiger partial charge in [0.05, 0.1) is 13.0 Å². The average Bonchev–Trinajstić information content (AvgIpc) is 2.97. The number of allylic oxidation sites excluding steroid dienone is 2. The second-order valence-corrected chi connectivity index (χ2v) is 6.48. The fourth-order valence-corrected chi connectivity index (χ4v) is 3.09. The van der Waals surface area contributed by atoms with E-state index in [0.29, 0.717) is 23.3 Å². The number of ether oxygens (including phenoxy) is 2. The van der Waals surface area contributed by atoms with Crippen LogP contribution < -0.4 is 4.74 Å². The summed E-state index contributed by atoms with van der Waals surface area (Å²) in [7, 11) is 1.51. The van der Waals surface area contributed by atoms with Crippen molar-refractivity contribution in [2.45, 2.75) is 40.7 Å². The molecule has 0 saturated heterocycles. The number of fused-ring (bicyclic) bond motifs is 1. The van der Waals surface area contributed by atoms with Crippen molar-refractivity contribution < 1.29 is 29.3 Å². The zero-order valence-corrected chi connectivity index (χ0v) is 15.2. The lowest BCUT2D eigenvalue weighted by Gasteiger charge is -2.18. The first-order valence-electron chi connectivity index (χ1n) is 8.18. The highest BCUT2D eigenvalue weighted by molar-refractivity contribution is 5.98. The summed E-state index contributed by atoms with van der Waals surface area (Å²) in [6.07, 6.45) is 2.20. The smallest absolute Gasteiger partial charge is 0.342 e. The van der Waals surface area contributed by atoms with Crippen LogP contribution in [-0.4, -0.2) is 29.3 Å². The second kappa shape index (κ2) is 7.17. The lowest BCUT2D eigenvalue weighted by molar-refractivity contribution is -0.142. The van der Waals surface area contributed by atoms with Crippen LogP contribution in [0.3, 0.4) is 0 Å². The highest BCUT2D eigenvalue weighted by atomic mass is 16.5. The average molecular weight is 348 g/mol. The lowest BCUT2D eigenvalue weighted by atomic mass is 9.88. The molecule has 1 aliphatic rings. The summed E-state index contributed by atoms with van der Waals surface area (Å²) < 4.78 is 10.5. The molecule has 1 aromatic carbocycles. The minimum atomic E-state index is -0.850. The van der Waals surface area contributed by atoms with Crippen molar-refractivity contribution >= 4 is 11.9 Å². The largest absolute Gasteiger partial charge is 0.507 e. The van der Waals surface area contributed by atoms with Gasteiger partial charge in [-0.1, -0.05) is 25.5 Å². The van der Waals surface area contributed by atoms with Crippen LogP contribution in [0.2, 0.25) is 0 Å². The molecule has 6 heteroatoms. The number of phenols is 1. The van der Waals surface area contributed by atoms with Gasteiger partial charge in [-0.3, -0.25) is 4.79 Å². The minimum absolute atomic E-state index is 0.122. The number of benzene rings is 1. The third kappa shape index (κ3) is 3.34. The number of carbonyl (C=O) groups excluding carboxylic acids is 1. The van der Waals surface area contributed by atoms with Gasteiger partial charge in [0.25, 0.3) is 0 Å². The Labute approximate surface area is 147 Å². The zero-order chi connectivity index (χ0) is 18.9. The van der Waals surface area contributed by atoms with Crippen molar-refractivity contribution in [1.82, 2.24) is 0 Å². The summed E-state index contributed by atoms with van der Waals surface area (Å²) in [6, 6.07) is 0. The van der Waals surface area contributed by atoms with Crippen molar-refractivity contribution in [3.8, 4) is 11.5 Å². The Hall–Kier alpha value is -2.50. The van der Waals surface area contributed by atoms with Crippen molar-refractivity contribution in [3.63, 3.8) is 0 Å². The second-order valence-electron chi connectivity index (χ2n) is 6.48. The minimum Gasteiger partial charge on any atom is -0.507 e. The van der Waals surface area contributed by atoms with Crippen LogP contribution in [0.15, 0.2) is 11.6 Å². The highest BCUT2D eigenvalue weighted by Crippen LogP contribution is 2.42.